The molecule has 2 saturated heterocycles. The van der Waals surface area contributed by atoms with Gasteiger partial charge >= 0.3 is 0 Å². The van der Waals surface area contributed by atoms with Crippen LogP contribution in [0.5, 0.6) is 0 Å². The largest absolute Gasteiger partial charge is 0.390 e. The van der Waals surface area contributed by atoms with Crippen LogP contribution in [0.3, 0.4) is 0 Å². The van der Waals surface area contributed by atoms with Gasteiger partial charge in [0.25, 0.3) is 0 Å². The van der Waals surface area contributed by atoms with Crippen molar-refractivity contribution in [3.05, 3.63) is 0 Å². The number of thioether (sulfide) groups is 1. The van der Waals surface area contributed by atoms with Crippen LogP contribution in [0.15, 0.2) is 0 Å². The van der Waals surface area contributed by atoms with Crippen LogP contribution in [0.1, 0.15) is 46.5 Å². The minimum absolute atomic E-state index is 0.0525. The molecular weight excluding hydrogens is 260 g/mol. The highest BCUT2D eigenvalue weighted by Gasteiger charge is 2.40. The molecule has 0 aromatic heterocycles. The van der Waals surface area contributed by atoms with Gasteiger partial charge in [-0.2, -0.15) is 11.8 Å². The molecule has 0 bridgehead atoms. The van der Waals surface area contributed by atoms with E-state index in [0.717, 1.165) is 32.3 Å². The molecule has 0 aromatic carbocycles. The zero-order chi connectivity index (χ0) is 13.9. The van der Waals surface area contributed by atoms with Gasteiger partial charge in [0.2, 0.25) is 0 Å². The van der Waals surface area contributed by atoms with Crippen LogP contribution in [-0.2, 0) is 9.47 Å². The van der Waals surface area contributed by atoms with E-state index >= 15 is 0 Å². The van der Waals surface area contributed by atoms with E-state index in [2.05, 4.69) is 0 Å². The van der Waals surface area contributed by atoms with Gasteiger partial charge in [-0.15, -0.1) is 0 Å². The van der Waals surface area contributed by atoms with E-state index in [1.807, 2.05) is 32.5 Å². The van der Waals surface area contributed by atoms with Crippen LogP contribution >= 0.6 is 11.8 Å². The molecule has 3 nitrogen and oxygen atoms in total. The maximum atomic E-state index is 10.4. The fraction of sp³-hybridized carbons (Fsp3) is 1.00. The van der Waals surface area contributed by atoms with Crippen molar-refractivity contribution in [3.8, 4) is 0 Å². The summed E-state index contributed by atoms with van der Waals surface area (Å²) < 4.78 is 11.8. The first-order chi connectivity index (χ1) is 8.90. The lowest BCUT2D eigenvalue weighted by molar-refractivity contribution is -0.136. The second-order valence-electron chi connectivity index (χ2n) is 6.89. The van der Waals surface area contributed by atoms with Crippen molar-refractivity contribution in [2.75, 3.05) is 24.7 Å². The van der Waals surface area contributed by atoms with Crippen LogP contribution < -0.4 is 0 Å². The minimum Gasteiger partial charge on any atom is -0.390 e. The molecule has 2 fully saturated rings. The Kier molecular flexibility index (Phi) is 5.21. The molecule has 2 aliphatic rings. The number of hydrogen-bond acceptors (Lipinski definition) is 4. The van der Waals surface area contributed by atoms with Crippen LogP contribution in [-0.4, -0.2) is 47.1 Å². The molecule has 2 unspecified atom stereocenters. The van der Waals surface area contributed by atoms with Crippen LogP contribution in [0, 0.1) is 5.92 Å². The molecule has 0 saturated carbocycles. The number of aliphatic hydroxyl groups is 1. The summed E-state index contributed by atoms with van der Waals surface area (Å²) in [5.41, 5.74) is -0.123. The topological polar surface area (TPSA) is 38.7 Å². The second kappa shape index (κ2) is 6.33. The predicted octanol–water partition coefficient (Wildman–Crippen LogP) is 2.85. The summed E-state index contributed by atoms with van der Waals surface area (Å²) in [4.78, 5) is 0. The third kappa shape index (κ3) is 4.62. The molecule has 0 amide bonds. The van der Waals surface area contributed by atoms with E-state index in [4.69, 9.17) is 9.47 Å². The number of aliphatic hydroxyl groups excluding tert-OH is 1. The first kappa shape index (κ1) is 15.6. The van der Waals surface area contributed by atoms with Crippen LogP contribution in [0.4, 0.5) is 0 Å². The number of hydrogen-bond donors (Lipinski definition) is 1. The highest BCUT2D eigenvalue weighted by Crippen LogP contribution is 2.40. The Morgan fingerprint density at radius 3 is 2.68 bits per heavy atom. The first-order valence-electron chi connectivity index (χ1n) is 7.44. The Morgan fingerprint density at radius 1 is 1.37 bits per heavy atom. The van der Waals surface area contributed by atoms with E-state index in [9.17, 15) is 5.11 Å². The lowest BCUT2D eigenvalue weighted by atomic mass is 9.79. The molecule has 19 heavy (non-hydrogen) atoms. The van der Waals surface area contributed by atoms with E-state index in [1.165, 1.54) is 11.5 Å². The van der Waals surface area contributed by atoms with Gasteiger partial charge in [0.1, 0.15) is 0 Å². The molecule has 1 spiro atoms. The van der Waals surface area contributed by atoms with Crippen molar-refractivity contribution >= 4 is 11.8 Å². The fourth-order valence-electron chi connectivity index (χ4n) is 2.96. The number of rotatable bonds is 3. The average Bonchev–Trinajstić information content (AvgIpc) is 2.36. The summed E-state index contributed by atoms with van der Waals surface area (Å²) >= 11 is 2.02. The molecule has 4 heteroatoms. The molecular formula is C15H28O3S. The highest BCUT2D eigenvalue weighted by atomic mass is 32.2. The van der Waals surface area contributed by atoms with Gasteiger partial charge in [0.05, 0.1) is 23.9 Å². The Bertz CT molecular complexity index is 276. The van der Waals surface area contributed by atoms with Gasteiger partial charge in [0.15, 0.2) is 0 Å². The summed E-state index contributed by atoms with van der Waals surface area (Å²) in [7, 11) is 0. The van der Waals surface area contributed by atoms with Gasteiger partial charge in [-0.05, 0) is 63.9 Å². The summed E-state index contributed by atoms with van der Waals surface area (Å²) in [6, 6.07) is 0. The average molecular weight is 288 g/mol. The van der Waals surface area contributed by atoms with E-state index in [1.54, 1.807) is 0 Å². The van der Waals surface area contributed by atoms with Gasteiger partial charge in [0, 0.05) is 6.61 Å². The van der Waals surface area contributed by atoms with Gasteiger partial charge in [-0.3, -0.25) is 0 Å². The fourth-order valence-corrected chi connectivity index (χ4v) is 4.19. The zero-order valence-electron chi connectivity index (χ0n) is 12.5. The monoisotopic (exact) mass is 288 g/mol. The van der Waals surface area contributed by atoms with Crippen molar-refractivity contribution in [2.24, 2.45) is 5.92 Å². The molecule has 2 rings (SSSR count). The lowest BCUT2D eigenvalue weighted by Crippen LogP contribution is -2.46. The normalized spacial score (nSPS) is 29.4. The summed E-state index contributed by atoms with van der Waals surface area (Å²) in [6.07, 6.45) is 3.89. The van der Waals surface area contributed by atoms with Crippen molar-refractivity contribution in [1.82, 2.24) is 0 Å². The molecule has 2 atom stereocenters. The van der Waals surface area contributed by atoms with E-state index in [0.29, 0.717) is 12.5 Å². The quantitative estimate of drug-likeness (QED) is 0.867. The SMILES string of the molecule is CC(C)(C)OCC(O)C1CCOC2(CCSCC2)C1. The number of ether oxygens (including phenoxy) is 2. The van der Waals surface area contributed by atoms with Crippen molar-refractivity contribution < 1.29 is 14.6 Å². The maximum Gasteiger partial charge on any atom is 0.0803 e. The second-order valence-corrected chi connectivity index (χ2v) is 8.11. The summed E-state index contributed by atoms with van der Waals surface area (Å²) in [6.45, 7) is 7.33. The maximum absolute atomic E-state index is 10.4. The Labute approximate surface area is 121 Å². The predicted molar refractivity (Wildman–Crippen MR) is 79.7 cm³/mol. The molecule has 0 radical (unpaired) electrons. The zero-order valence-corrected chi connectivity index (χ0v) is 13.3. The molecule has 0 aromatic rings. The summed E-state index contributed by atoms with van der Waals surface area (Å²) in [5, 5.41) is 10.4. The summed E-state index contributed by atoms with van der Waals surface area (Å²) in [5.74, 6) is 2.72. The van der Waals surface area contributed by atoms with Crippen LogP contribution in [0.25, 0.3) is 0 Å². The smallest absolute Gasteiger partial charge is 0.0803 e. The third-order valence-corrected chi connectivity index (χ3v) is 5.15. The van der Waals surface area contributed by atoms with Crippen molar-refractivity contribution in [3.63, 3.8) is 0 Å². The molecule has 0 aliphatic carbocycles. The minimum atomic E-state index is -0.352. The van der Waals surface area contributed by atoms with Gasteiger partial charge in [-0.25, -0.2) is 0 Å². The molecule has 112 valence electrons. The molecule has 2 aliphatic heterocycles. The van der Waals surface area contributed by atoms with Crippen LogP contribution in [0.2, 0.25) is 0 Å². The van der Waals surface area contributed by atoms with Gasteiger partial charge < -0.3 is 14.6 Å². The highest BCUT2D eigenvalue weighted by molar-refractivity contribution is 7.99. The van der Waals surface area contributed by atoms with E-state index < -0.39 is 0 Å². The Balaban J connectivity index is 1.86. The molecule has 1 N–H and O–H groups in total. The van der Waals surface area contributed by atoms with E-state index in [-0.39, 0.29) is 17.3 Å². The third-order valence-electron chi connectivity index (χ3n) is 4.17. The van der Waals surface area contributed by atoms with Crippen molar-refractivity contribution in [2.45, 2.75) is 63.8 Å². The van der Waals surface area contributed by atoms with Crippen molar-refractivity contribution in [1.29, 1.82) is 0 Å². The van der Waals surface area contributed by atoms with Gasteiger partial charge in [-0.1, -0.05) is 0 Å². The Hall–Kier alpha value is 0.230. The standard InChI is InChI=1S/C15H28O3S/c1-14(2,3)18-11-13(16)12-4-7-17-15(10-12)5-8-19-9-6-15/h12-13,16H,4-11H2,1-3H3. The Morgan fingerprint density at radius 2 is 2.05 bits per heavy atom. The molecule has 2 heterocycles. The first-order valence-corrected chi connectivity index (χ1v) is 8.59. The lowest BCUT2D eigenvalue weighted by Gasteiger charge is -2.44.